The van der Waals surface area contributed by atoms with Gasteiger partial charge in [-0.05, 0) is 42.3 Å². The van der Waals surface area contributed by atoms with Gasteiger partial charge in [0.15, 0.2) is 5.96 Å². The van der Waals surface area contributed by atoms with Crippen LogP contribution in [0, 0.1) is 0 Å². The fourth-order valence-corrected chi connectivity index (χ4v) is 3.08. The van der Waals surface area contributed by atoms with Gasteiger partial charge in [-0.15, -0.1) is 0 Å². The highest BCUT2D eigenvalue weighted by molar-refractivity contribution is 5.79. The highest BCUT2D eigenvalue weighted by Gasteiger charge is 2.20. The number of hydrogen-bond donors (Lipinski definition) is 2. The Morgan fingerprint density at radius 1 is 1.11 bits per heavy atom. The first kappa shape index (κ1) is 18.9. The van der Waals surface area contributed by atoms with Gasteiger partial charge >= 0.3 is 0 Å². The van der Waals surface area contributed by atoms with Crippen molar-refractivity contribution in [3.63, 3.8) is 0 Å². The number of fused-ring (bicyclic) bond motifs is 1. The van der Waals surface area contributed by atoms with Crippen LogP contribution in [0.25, 0.3) is 0 Å². The molecule has 1 aliphatic rings. The Hall–Kier alpha value is -2.89. The van der Waals surface area contributed by atoms with Crippen LogP contribution in [-0.4, -0.2) is 46.4 Å². The minimum absolute atomic E-state index is 0.420. The fraction of sp³-hybridized carbons (Fsp3) is 0.381. The second kappa shape index (κ2) is 9.71. The predicted molar refractivity (Wildman–Crippen MR) is 107 cm³/mol. The van der Waals surface area contributed by atoms with E-state index >= 15 is 0 Å². The lowest BCUT2D eigenvalue weighted by Gasteiger charge is -2.26. The number of methoxy groups -OCH3 is 1. The summed E-state index contributed by atoms with van der Waals surface area (Å²) in [5.41, 5.74) is 1.26. The Balaban J connectivity index is 1.41. The molecule has 0 aliphatic carbocycles. The molecule has 0 radical (unpaired) electrons. The van der Waals surface area contributed by atoms with E-state index in [-0.39, 0.29) is 0 Å². The van der Waals surface area contributed by atoms with Gasteiger partial charge in [0, 0.05) is 19.5 Å². The average molecular weight is 369 g/mol. The third-order valence-electron chi connectivity index (χ3n) is 4.54. The molecule has 0 saturated heterocycles. The topological polar surface area (TPSA) is 64.1 Å². The van der Waals surface area contributed by atoms with Crippen molar-refractivity contribution >= 4 is 5.96 Å². The van der Waals surface area contributed by atoms with Crippen LogP contribution in [0.3, 0.4) is 0 Å². The molecular weight excluding hydrogens is 342 g/mol. The highest BCUT2D eigenvalue weighted by Crippen LogP contribution is 2.32. The van der Waals surface area contributed by atoms with Crippen molar-refractivity contribution in [2.75, 3.05) is 40.5 Å². The maximum atomic E-state index is 5.72. The molecule has 0 bridgehead atoms. The highest BCUT2D eigenvalue weighted by atomic mass is 16.5. The number of para-hydroxylation sites is 1. The second-order valence-electron chi connectivity index (χ2n) is 6.28. The summed E-state index contributed by atoms with van der Waals surface area (Å²) in [6.07, 6.45) is 1.00. The first-order valence-corrected chi connectivity index (χ1v) is 9.23. The number of hydrogen-bond acceptors (Lipinski definition) is 4. The van der Waals surface area contributed by atoms with E-state index in [0.29, 0.717) is 19.1 Å². The maximum Gasteiger partial charge on any atom is 0.191 e. The average Bonchev–Trinajstić information content (AvgIpc) is 2.73. The SMILES string of the molecule is CN=C(NCCOc1ccc(OC)cc1)NCC1CCOc2ccccc21. The molecule has 1 unspecified atom stereocenters. The third-order valence-corrected chi connectivity index (χ3v) is 4.54. The number of guanidine groups is 1. The molecule has 1 atom stereocenters. The molecule has 6 heteroatoms. The smallest absolute Gasteiger partial charge is 0.191 e. The zero-order chi connectivity index (χ0) is 18.9. The molecule has 0 amide bonds. The molecule has 27 heavy (non-hydrogen) atoms. The minimum Gasteiger partial charge on any atom is -0.497 e. The number of benzene rings is 2. The number of ether oxygens (including phenoxy) is 3. The van der Waals surface area contributed by atoms with E-state index in [4.69, 9.17) is 14.2 Å². The molecule has 2 aromatic rings. The van der Waals surface area contributed by atoms with Crippen molar-refractivity contribution in [1.29, 1.82) is 0 Å². The van der Waals surface area contributed by atoms with Crippen LogP contribution in [-0.2, 0) is 0 Å². The fourth-order valence-electron chi connectivity index (χ4n) is 3.08. The Labute approximate surface area is 160 Å². The van der Waals surface area contributed by atoms with Gasteiger partial charge < -0.3 is 24.8 Å². The largest absolute Gasteiger partial charge is 0.497 e. The third kappa shape index (κ3) is 5.29. The van der Waals surface area contributed by atoms with Gasteiger partial charge in [-0.25, -0.2) is 0 Å². The number of rotatable bonds is 7. The van der Waals surface area contributed by atoms with Crippen LogP contribution in [0.1, 0.15) is 17.9 Å². The van der Waals surface area contributed by atoms with Crippen LogP contribution in [0.4, 0.5) is 0 Å². The Morgan fingerprint density at radius 2 is 1.89 bits per heavy atom. The lowest BCUT2D eigenvalue weighted by Crippen LogP contribution is -2.41. The lowest BCUT2D eigenvalue weighted by atomic mass is 9.93. The van der Waals surface area contributed by atoms with Gasteiger partial charge in [0.1, 0.15) is 23.9 Å². The molecule has 6 nitrogen and oxygen atoms in total. The summed E-state index contributed by atoms with van der Waals surface area (Å²) in [6, 6.07) is 15.8. The Bertz CT molecular complexity index is 747. The number of nitrogens with zero attached hydrogens (tertiary/aromatic N) is 1. The summed E-state index contributed by atoms with van der Waals surface area (Å²) in [6.45, 7) is 2.79. The molecule has 1 heterocycles. The van der Waals surface area contributed by atoms with Crippen LogP contribution >= 0.6 is 0 Å². The van der Waals surface area contributed by atoms with Gasteiger partial charge in [0.05, 0.1) is 20.3 Å². The van der Waals surface area contributed by atoms with E-state index in [9.17, 15) is 0 Å². The molecule has 0 spiro atoms. The zero-order valence-corrected chi connectivity index (χ0v) is 15.9. The van der Waals surface area contributed by atoms with Crippen molar-refractivity contribution < 1.29 is 14.2 Å². The van der Waals surface area contributed by atoms with Gasteiger partial charge in [0.2, 0.25) is 0 Å². The van der Waals surface area contributed by atoms with Crippen LogP contribution in [0.2, 0.25) is 0 Å². The van der Waals surface area contributed by atoms with Crippen molar-refractivity contribution in [2.45, 2.75) is 12.3 Å². The quantitative estimate of drug-likeness (QED) is 0.446. The van der Waals surface area contributed by atoms with Crippen molar-refractivity contribution in [3.8, 4) is 17.2 Å². The van der Waals surface area contributed by atoms with E-state index in [0.717, 1.165) is 42.8 Å². The van der Waals surface area contributed by atoms with Crippen molar-refractivity contribution in [3.05, 3.63) is 54.1 Å². The standard InChI is InChI=1S/C21H27N3O3/c1-22-21(23-12-14-26-18-9-7-17(25-2)8-10-18)24-15-16-11-13-27-20-6-4-3-5-19(16)20/h3-10,16H,11-15H2,1-2H3,(H2,22,23,24). The molecule has 2 aromatic carbocycles. The van der Waals surface area contributed by atoms with E-state index in [1.54, 1.807) is 14.2 Å². The molecule has 144 valence electrons. The van der Waals surface area contributed by atoms with Gasteiger partial charge in [0.25, 0.3) is 0 Å². The van der Waals surface area contributed by atoms with Crippen LogP contribution in [0.15, 0.2) is 53.5 Å². The monoisotopic (exact) mass is 369 g/mol. The van der Waals surface area contributed by atoms with Gasteiger partial charge in [-0.3, -0.25) is 4.99 Å². The molecule has 0 fully saturated rings. The summed E-state index contributed by atoms with van der Waals surface area (Å²) >= 11 is 0. The van der Waals surface area contributed by atoms with Crippen molar-refractivity contribution in [2.24, 2.45) is 4.99 Å². The van der Waals surface area contributed by atoms with Crippen LogP contribution < -0.4 is 24.8 Å². The van der Waals surface area contributed by atoms with Crippen LogP contribution in [0.5, 0.6) is 17.2 Å². The minimum atomic E-state index is 0.420. The number of aliphatic imine (C=N–C) groups is 1. The molecule has 1 aliphatic heterocycles. The van der Waals surface area contributed by atoms with Crippen molar-refractivity contribution in [1.82, 2.24) is 10.6 Å². The summed E-state index contributed by atoms with van der Waals surface area (Å²) in [7, 11) is 3.43. The van der Waals surface area contributed by atoms with E-state index < -0.39 is 0 Å². The molecule has 2 N–H and O–H groups in total. The number of nitrogens with one attached hydrogen (secondary N) is 2. The first-order valence-electron chi connectivity index (χ1n) is 9.23. The normalized spacial score (nSPS) is 16.1. The molecular formula is C21H27N3O3. The molecule has 0 aromatic heterocycles. The molecule has 0 saturated carbocycles. The zero-order valence-electron chi connectivity index (χ0n) is 15.9. The summed E-state index contributed by atoms with van der Waals surface area (Å²) in [5, 5.41) is 6.69. The lowest BCUT2D eigenvalue weighted by molar-refractivity contribution is 0.267. The van der Waals surface area contributed by atoms with E-state index in [1.165, 1.54) is 5.56 Å². The Kier molecular flexibility index (Phi) is 6.79. The summed E-state index contributed by atoms with van der Waals surface area (Å²) in [5.74, 6) is 3.83. The maximum absolute atomic E-state index is 5.72. The first-order chi connectivity index (χ1) is 13.3. The predicted octanol–water partition coefficient (Wildman–Crippen LogP) is 2.81. The second-order valence-corrected chi connectivity index (χ2v) is 6.28. The van der Waals surface area contributed by atoms with E-state index in [1.807, 2.05) is 36.4 Å². The van der Waals surface area contributed by atoms with Gasteiger partial charge in [-0.1, -0.05) is 18.2 Å². The van der Waals surface area contributed by atoms with Gasteiger partial charge in [-0.2, -0.15) is 0 Å². The summed E-state index contributed by atoms with van der Waals surface area (Å²) in [4.78, 5) is 4.29. The molecule has 3 rings (SSSR count). The Morgan fingerprint density at radius 3 is 2.67 bits per heavy atom. The van der Waals surface area contributed by atoms with E-state index in [2.05, 4.69) is 27.8 Å². The summed E-state index contributed by atoms with van der Waals surface area (Å²) < 4.78 is 16.6.